The fourth-order valence-electron chi connectivity index (χ4n) is 3.87. The second-order valence-corrected chi connectivity index (χ2v) is 7.73. The Balaban J connectivity index is 1.44. The normalized spacial score (nSPS) is 19.9. The molecule has 1 aliphatic carbocycles. The van der Waals surface area contributed by atoms with E-state index in [1.807, 2.05) is 23.7 Å². The van der Waals surface area contributed by atoms with E-state index in [0.29, 0.717) is 5.92 Å². The molecule has 1 amide bonds. The van der Waals surface area contributed by atoms with Crippen molar-refractivity contribution in [3.63, 3.8) is 0 Å². The monoisotopic (exact) mass is 368 g/mol. The zero-order chi connectivity index (χ0) is 18.8. The van der Waals surface area contributed by atoms with E-state index in [9.17, 15) is 4.79 Å². The van der Waals surface area contributed by atoms with Crippen LogP contribution in [0.2, 0.25) is 0 Å². The fraction of sp³-hybridized carbons (Fsp3) is 0.600. The lowest BCUT2D eigenvalue weighted by atomic mass is 10.0. The lowest BCUT2D eigenvalue weighted by Crippen LogP contribution is -2.48. The number of nitrogens with zero attached hydrogens (tertiary/aromatic N) is 5. The number of anilines is 1. The van der Waals surface area contributed by atoms with E-state index in [1.54, 1.807) is 6.20 Å². The molecule has 1 saturated heterocycles. The molecule has 3 heterocycles. The zero-order valence-electron chi connectivity index (χ0n) is 16.2. The third kappa shape index (κ3) is 3.96. The minimum Gasteiger partial charge on any atom is -0.353 e. The standard InChI is InChI=1S/C20H28N6O/c1-3-10-26-19(15-7-8-15)17(12-21-26)20(27)22-16-5-4-11-25(13-16)18-9-6-14(2)23-24-18/h6,9,12,15-16H,3-5,7-8,10-11,13H2,1-2H3,(H,22,27). The molecular formula is C20H28N6O. The predicted octanol–water partition coefficient (Wildman–Crippen LogP) is 2.67. The van der Waals surface area contributed by atoms with Crippen LogP contribution < -0.4 is 10.2 Å². The quantitative estimate of drug-likeness (QED) is 0.848. The maximum atomic E-state index is 13.0. The van der Waals surface area contributed by atoms with Gasteiger partial charge in [0, 0.05) is 31.6 Å². The van der Waals surface area contributed by atoms with Crippen molar-refractivity contribution in [1.29, 1.82) is 0 Å². The van der Waals surface area contributed by atoms with Crippen LogP contribution in [0.4, 0.5) is 5.82 Å². The molecule has 0 aromatic carbocycles. The van der Waals surface area contributed by atoms with Crippen LogP contribution in [0, 0.1) is 6.92 Å². The topological polar surface area (TPSA) is 75.9 Å². The van der Waals surface area contributed by atoms with Crippen molar-refractivity contribution < 1.29 is 4.79 Å². The molecular weight excluding hydrogens is 340 g/mol. The summed E-state index contributed by atoms with van der Waals surface area (Å²) in [6, 6.07) is 4.11. The average Bonchev–Trinajstić information content (AvgIpc) is 3.43. The average molecular weight is 368 g/mol. The molecule has 2 aromatic heterocycles. The van der Waals surface area contributed by atoms with E-state index < -0.39 is 0 Å². The lowest BCUT2D eigenvalue weighted by molar-refractivity contribution is 0.0932. The van der Waals surface area contributed by atoms with Gasteiger partial charge in [0.15, 0.2) is 5.82 Å². The number of nitrogens with one attached hydrogen (secondary N) is 1. The van der Waals surface area contributed by atoms with E-state index >= 15 is 0 Å². The van der Waals surface area contributed by atoms with Gasteiger partial charge in [-0.3, -0.25) is 9.48 Å². The molecule has 1 N–H and O–H groups in total. The van der Waals surface area contributed by atoms with Gasteiger partial charge in [0.05, 0.1) is 23.1 Å². The van der Waals surface area contributed by atoms with Gasteiger partial charge in [-0.2, -0.15) is 10.2 Å². The number of piperidine rings is 1. The summed E-state index contributed by atoms with van der Waals surface area (Å²) in [5, 5.41) is 16.2. The molecule has 1 saturated carbocycles. The summed E-state index contributed by atoms with van der Waals surface area (Å²) in [7, 11) is 0. The molecule has 7 nitrogen and oxygen atoms in total. The van der Waals surface area contributed by atoms with Crippen LogP contribution in [0.25, 0.3) is 0 Å². The molecule has 0 radical (unpaired) electrons. The highest BCUT2D eigenvalue weighted by atomic mass is 16.1. The van der Waals surface area contributed by atoms with Crippen molar-refractivity contribution in [1.82, 2.24) is 25.3 Å². The first-order valence-corrected chi connectivity index (χ1v) is 10.1. The van der Waals surface area contributed by atoms with E-state index in [1.165, 1.54) is 12.8 Å². The molecule has 2 aliphatic rings. The number of hydrogen-bond donors (Lipinski definition) is 1. The van der Waals surface area contributed by atoms with Crippen LogP contribution in [0.1, 0.15) is 66.7 Å². The zero-order valence-corrected chi connectivity index (χ0v) is 16.2. The van der Waals surface area contributed by atoms with Crippen molar-refractivity contribution in [2.24, 2.45) is 0 Å². The van der Waals surface area contributed by atoms with E-state index in [0.717, 1.165) is 61.7 Å². The Bertz CT molecular complexity index is 795. The van der Waals surface area contributed by atoms with Gasteiger partial charge in [-0.15, -0.1) is 5.10 Å². The maximum absolute atomic E-state index is 13.0. The van der Waals surface area contributed by atoms with Gasteiger partial charge < -0.3 is 10.2 Å². The van der Waals surface area contributed by atoms with Gasteiger partial charge in [-0.05, 0) is 51.2 Å². The first-order valence-electron chi connectivity index (χ1n) is 10.1. The van der Waals surface area contributed by atoms with E-state index in [-0.39, 0.29) is 11.9 Å². The van der Waals surface area contributed by atoms with Crippen LogP contribution in [0.3, 0.4) is 0 Å². The molecule has 7 heteroatoms. The third-order valence-electron chi connectivity index (χ3n) is 5.39. The van der Waals surface area contributed by atoms with Gasteiger partial charge >= 0.3 is 0 Å². The van der Waals surface area contributed by atoms with E-state index in [2.05, 4.69) is 32.4 Å². The largest absolute Gasteiger partial charge is 0.353 e. The van der Waals surface area contributed by atoms with E-state index in [4.69, 9.17) is 0 Å². The summed E-state index contributed by atoms with van der Waals surface area (Å²) in [4.78, 5) is 15.2. The van der Waals surface area contributed by atoms with Crippen LogP contribution in [0.5, 0.6) is 0 Å². The van der Waals surface area contributed by atoms with Gasteiger partial charge in [0.2, 0.25) is 0 Å². The molecule has 2 fully saturated rings. The van der Waals surface area contributed by atoms with Crippen molar-refractivity contribution in [2.75, 3.05) is 18.0 Å². The Morgan fingerprint density at radius 3 is 2.81 bits per heavy atom. The highest BCUT2D eigenvalue weighted by Crippen LogP contribution is 2.41. The molecule has 1 aliphatic heterocycles. The van der Waals surface area contributed by atoms with Crippen molar-refractivity contribution in [3.05, 3.63) is 35.3 Å². The molecule has 2 aromatic rings. The SMILES string of the molecule is CCCn1ncc(C(=O)NC2CCCN(c3ccc(C)nn3)C2)c1C1CC1. The Hall–Kier alpha value is -2.44. The van der Waals surface area contributed by atoms with Crippen molar-refractivity contribution in [3.8, 4) is 0 Å². The van der Waals surface area contributed by atoms with Crippen LogP contribution in [-0.4, -0.2) is 45.0 Å². The summed E-state index contributed by atoms with van der Waals surface area (Å²) in [5.74, 6) is 1.40. The minimum atomic E-state index is 0.0149. The van der Waals surface area contributed by atoms with Crippen LogP contribution in [0.15, 0.2) is 18.3 Å². The highest BCUT2D eigenvalue weighted by molar-refractivity contribution is 5.95. The molecule has 27 heavy (non-hydrogen) atoms. The Morgan fingerprint density at radius 1 is 1.26 bits per heavy atom. The smallest absolute Gasteiger partial charge is 0.255 e. The number of carbonyl (C=O) groups is 1. The number of hydrogen-bond acceptors (Lipinski definition) is 5. The van der Waals surface area contributed by atoms with Gasteiger partial charge in [0.1, 0.15) is 0 Å². The molecule has 0 spiro atoms. The maximum Gasteiger partial charge on any atom is 0.255 e. The minimum absolute atomic E-state index is 0.0149. The first kappa shape index (κ1) is 17.9. The third-order valence-corrected chi connectivity index (χ3v) is 5.39. The van der Waals surface area contributed by atoms with Gasteiger partial charge in [0.25, 0.3) is 5.91 Å². The Morgan fingerprint density at radius 2 is 2.11 bits per heavy atom. The summed E-state index contributed by atoms with van der Waals surface area (Å²) in [6.45, 7) is 6.68. The van der Waals surface area contributed by atoms with Crippen LogP contribution >= 0.6 is 0 Å². The number of carbonyl (C=O) groups excluding carboxylic acids is 1. The number of rotatable bonds is 6. The van der Waals surface area contributed by atoms with Gasteiger partial charge in [-0.1, -0.05) is 6.92 Å². The number of amides is 1. The second-order valence-electron chi connectivity index (χ2n) is 7.73. The fourth-order valence-corrected chi connectivity index (χ4v) is 3.87. The summed E-state index contributed by atoms with van der Waals surface area (Å²) in [5.41, 5.74) is 2.81. The number of aryl methyl sites for hydroxylation is 2. The highest BCUT2D eigenvalue weighted by Gasteiger charge is 2.33. The molecule has 1 atom stereocenters. The van der Waals surface area contributed by atoms with Crippen molar-refractivity contribution in [2.45, 2.75) is 64.5 Å². The van der Waals surface area contributed by atoms with Gasteiger partial charge in [-0.25, -0.2) is 0 Å². The Labute approximate surface area is 160 Å². The molecule has 0 bridgehead atoms. The number of aromatic nitrogens is 4. The molecule has 144 valence electrons. The summed E-state index contributed by atoms with van der Waals surface area (Å²) >= 11 is 0. The van der Waals surface area contributed by atoms with Crippen LogP contribution in [-0.2, 0) is 6.54 Å². The summed E-state index contributed by atoms with van der Waals surface area (Å²) in [6.07, 6.45) is 7.13. The lowest BCUT2D eigenvalue weighted by Gasteiger charge is -2.33. The predicted molar refractivity (Wildman–Crippen MR) is 104 cm³/mol. The molecule has 1 unspecified atom stereocenters. The summed E-state index contributed by atoms with van der Waals surface area (Å²) < 4.78 is 2.03. The second kappa shape index (κ2) is 7.66. The first-order chi connectivity index (χ1) is 13.2. The Kier molecular flexibility index (Phi) is 5.09. The molecule has 4 rings (SSSR count). The van der Waals surface area contributed by atoms with Crippen molar-refractivity contribution >= 4 is 11.7 Å².